The minimum Gasteiger partial charge on any atom is -0.497 e. The topological polar surface area (TPSA) is 90.6 Å². The number of benzene rings is 1. The molecule has 2 aromatic rings. The number of carbonyl (C=O) groups is 2. The number of nitrogens with one attached hydrogen (secondary N) is 2. The maximum atomic E-state index is 12.8. The maximum absolute atomic E-state index is 12.8. The Bertz CT molecular complexity index is 902. The van der Waals surface area contributed by atoms with Gasteiger partial charge in [0.2, 0.25) is 11.8 Å². The number of amides is 2. The number of H-pyrrole nitrogens is 1. The number of nitrogens with zero attached hydrogens (tertiary/aromatic N) is 3. The second-order valence-electron chi connectivity index (χ2n) is 8.44. The smallest absolute Gasteiger partial charge is 0.223 e. The molecular weight excluding hydrogens is 394 g/mol. The summed E-state index contributed by atoms with van der Waals surface area (Å²) in [6.45, 7) is 4.62. The number of carbonyl (C=O) groups excluding carboxylic acids is 2. The molecule has 1 aromatic carbocycles. The van der Waals surface area contributed by atoms with E-state index in [1.807, 2.05) is 29.2 Å². The Balaban J connectivity index is 1.33. The summed E-state index contributed by atoms with van der Waals surface area (Å²) >= 11 is 0. The van der Waals surface area contributed by atoms with Crippen molar-refractivity contribution >= 4 is 17.6 Å². The van der Waals surface area contributed by atoms with Gasteiger partial charge in [-0.2, -0.15) is 5.10 Å². The monoisotopic (exact) mass is 425 g/mol. The number of methoxy groups -OCH3 is 1. The molecule has 0 bridgehead atoms. The van der Waals surface area contributed by atoms with Gasteiger partial charge >= 0.3 is 0 Å². The van der Waals surface area contributed by atoms with Crippen molar-refractivity contribution in [2.75, 3.05) is 38.2 Å². The van der Waals surface area contributed by atoms with E-state index in [9.17, 15) is 9.59 Å². The van der Waals surface area contributed by atoms with Crippen molar-refractivity contribution in [3.63, 3.8) is 0 Å². The summed E-state index contributed by atoms with van der Waals surface area (Å²) in [5.74, 6) is 1.94. The van der Waals surface area contributed by atoms with Crippen molar-refractivity contribution in [3.8, 4) is 17.0 Å². The molecule has 0 aliphatic carbocycles. The van der Waals surface area contributed by atoms with Crippen LogP contribution in [-0.2, 0) is 9.59 Å². The summed E-state index contributed by atoms with van der Waals surface area (Å²) in [4.78, 5) is 28.3. The van der Waals surface area contributed by atoms with E-state index in [4.69, 9.17) is 4.74 Å². The Morgan fingerprint density at radius 2 is 1.87 bits per heavy atom. The molecule has 2 N–H and O–H groups in total. The number of aromatic nitrogens is 2. The number of hydrogen-bond donors (Lipinski definition) is 2. The van der Waals surface area contributed by atoms with Crippen LogP contribution < -0.4 is 15.0 Å². The molecule has 31 heavy (non-hydrogen) atoms. The lowest BCUT2D eigenvalue weighted by Crippen LogP contribution is -2.50. The van der Waals surface area contributed by atoms with Gasteiger partial charge in [-0.25, -0.2) is 0 Å². The first kappa shape index (κ1) is 21.2. The highest BCUT2D eigenvalue weighted by Crippen LogP contribution is 2.26. The molecule has 2 saturated heterocycles. The largest absolute Gasteiger partial charge is 0.497 e. The zero-order valence-corrected chi connectivity index (χ0v) is 18.3. The van der Waals surface area contributed by atoms with Crippen LogP contribution in [0, 0.1) is 5.92 Å². The van der Waals surface area contributed by atoms with E-state index < -0.39 is 0 Å². The van der Waals surface area contributed by atoms with Crippen LogP contribution in [0.2, 0.25) is 0 Å². The summed E-state index contributed by atoms with van der Waals surface area (Å²) in [5, 5.41) is 10.9. The zero-order chi connectivity index (χ0) is 21.8. The molecule has 3 heterocycles. The average molecular weight is 426 g/mol. The van der Waals surface area contributed by atoms with Crippen molar-refractivity contribution in [1.82, 2.24) is 20.4 Å². The standard InChI is InChI=1S/C23H31N5O3/c1-16(29)27-12-9-18(10-13-27)23(30)24-19-4-3-11-28(15-19)22-14-21(25-26-22)17-5-7-20(31-2)8-6-17/h5-8,14,18-19H,3-4,9-13,15H2,1-2H3,(H,24,30)(H,25,26)/t19-/m0/s1. The Hall–Kier alpha value is -3.03. The van der Waals surface area contributed by atoms with Crippen LogP contribution in [0.25, 0.3) is 11.3 Å². The number of anilines is 1. The second-order valence-corrected chi connectivity index (χ2v) is 8.44. The van der Waals surface area contributed by atoms with Crippen LogP contribution in [-0.4, -0.2) is 66.2 Å². The quantitative estimate of drug-likeness (QED) is 0.768. The van der Waals surface area contributed by atoms with Gasteiger partial charge in [-0.1, -0.05) is 0 Å². The number of aromatic amines is 1. The van der Waals surface area contributed by atoms with Gasteiger partial charge in [0.1, 0.15) is 5.75 Å². The van der Waals surface area contributed by atoms with Crippen molar-refractivity contribution in [3.05, 3.63) is 30.3 Å². The molecule has 0 saturated carbocycles. The molecule has 0 radical (unpaired) electrons. The number of rotatable bonds is 5. The second kappa shape index (κ2) is 9.41. The number of likely N-dealkylation sites (tertiary alicyclic amines) is 1. The minimum absolute atomic E-state index is 0.00182. The highest BCUT2D eigenvalue weighted by atomic mass is 16.5. The normalized spacial score (nSPS) is 19.9. The third-order valence-electron chi connectivity index (χ3n) is 6.37. The van der Waals surface area contributed by atoms with Gasteiger partial charge in [0.05, 0.1) is 12.8 Å². The molecule has 0 unspecified atom stereocenters. The fourth-order valence-electron chi connectivity index (χ4n) is 4.47. The summed E-state index contributed by atoms with van der Waals surface area (Å²) in [7, 11) is 1.66. The van der Waals surface area contributed by atoms with Crippen molar-refractivity contribution < 1.29 is 14.3 Å². The molecule has 2 aliphatic heterocycles. The van der Waals surface area contributed by atoms with Crippen molar-refractivity contribution in [1.29, 1.82) is 0 Å². The van der Waals surface area contributed by atoms with E-state index >= 15 is 0 Å². The summed E-state index contributed by atoms with van der Waals surface area (Å²) < 4.78 is 5.22. The molecule has 1 atom stereocenters. The van der Waals surface area contributed by atoms with Gasteiger partial charge in [-0.05, 0) is 55.5 Å². The first-order chi connectivity index (χ1) is 15.0. The van der Waals surface area contributed by atoms with Crippen LogP contribution >= 0.6 is 0 Å². The lowest BCUT2D eigenvalue weighted by molar-refractivity contribution is -0.134. The van der Waals surface area contributed by atoms with Crippen molar-refractivity contribution in [2.24, 2.45) is 5.92 Å². The predicted molar refractivity (Wildman–Crippen MR) is 119 cm³/mol. The third-order valence-corrected chi connectivity index (χ3v) is 6.37. The Morgan fingerprint density at radius 1 is 1.13 bits per heavy atom. The van der Waals surface area contributed by atoms with E-state index in [1.54, 1.807) is 14.0 Å². The fourth-order valence-corrected chi connectivity index (χ4v) is 4.47. The highest BCUT2D eigenvalue weighted by Gasteiger charge is 2.29. The summed E-state index contributed by atoms with van der Waals surface area (Å²) in [5.41, 5.74) is 2.01. The van der Waals surface area contributed by atoms with Gasteiger partial charge in [0, 0.05) is 51.1 Å². The van der Waals surface area contributed by atoms with Gasteiger partial charge in [-0.15, -0.1) is 0 Å². The highest BCUT2D eigenvalue weighted by molar-refractivity contribution is 5.80. The Morgan fingerprint density at radius 3 is 2.55 bits per heavy atom. The average Bonchev–Trinajstić information content (AvgIpc) is 3.30. The molecular formula is C23H31N5O3. The van der Waals surface area contributed by atoms with Crippen LogP contribution in [0.15, 0.2) is 30.3 Å². The van der Waals surface area contributed by atoms with E-state index in [0.29, 0.717) is 13.1 Å². The molecule has 8 heteroatoms. The first-order valence-electron chi connectivity index (χ1n) is 11.0. The summed E-state index contributed by atoms with van der Waals surface area (Å²) in [6.07, 6.45) is 3.47. The molecule has 2 amide bonds. The van der Waals surface area contributed by atoms with Gasteiger partial charge in [-0.3, -0.25) is 14.7 Å². The van der Waals surface area contributed by atoms with E-state index in [0.717, 1.165) is 61.6 Å². The minimum atomic E-state index is -0.00182. The van der Waals surface area contributed by atoms with Crippen LogP contribution in [0.4, 0.5) is 5.82 Å². The van der Waals surface area contributed by atoms with E-state index in [1.165, 1.54) is 0 Å². The zero-order valence-electron chi connectivity index (χ0n) is 18.3. The SMILES string of the molecule is COc1ccc(-c2cc(N3CCC[C@H](NC(=O)C4CCN(C(C)=O)CC4)C3)n[nH]2)cc1. The van der Waals surface area contributed by atoms with Gasteiger partial charge in [0.25, 0.3) is 0 Å². The lowest BCUT2D eigenvalue weighted by atomic mass is 9.95. The van der Waals surface area contributed by atoms with Gasteiger partial charge in [0.15, 0.2) is 5.82 Å². The van der Waals surface area contributed by atoms with Gasteiger partial charge < -0.3 is 19.9 Å². The molecule has 166 valence electrons. The van der Waals surface area contributed by atoms with Crippen LogP contribution in [0.5, 0.6) is 5.75 Å². The molecule has 0 spiro atoms. The molecule has 2 aliphatic rings. The lowest BCUT2D eigenvalue weighted by Gasteiger charge is -2.35. The summed E-state index contributed by atoms with van der Waals surface area (Å²) in [6, 6.07) is 10.1. The number of piperidine rings is 2. The Labute approximate surface area is 182 Å². The first-order valence-corrected chi connectivity index (χ1v) is 11.0. The Kier molecular flexibility index (Phi) is 6.44. The number of hydrogen-bond acceptors (Lipinski definition) is 5. The fraction of sp³-hybridized carbons (Fsp3) is 0.522. The van der Waals surface area contributed by atoms with E-state index in [-0.39, 0.29) is 23.8 Å². The number of ether oxygens (including phenoxy) is 1. The maximum Gasteiger partial charge on any atom is 0.223 e. The predicted octanol–water partition coefficient (Wildman–Crippen LogP) is 2.43. The van der Waals surface area contributed by atoms with Crippen LogP contribution in [0.1, 0.15) is 32.6 Å². The van der Waals surface area contributed by atoms with Crippen LogP contribution in [0.3, 0.4) is 0 Å². The third kappa shape index (κ3) is 5.00. The van der Waals surface area contributed by atoms with E-state index in [2.05, 4.69) is 26.5 Å². The molecule has 4 rings (SSSR count). The molecule has 1 aromatic heterocycles. The molecule has 8 nitrogen and oxygen atoms in total. The molecule has 2 fully saturated rings. The van der Waals surface area contributed by atoms with Crippen molar-refractivity contribution in [2.45, 2.75) is 38.6 Å².